The summed E-state index contributed by atoms with van der Waals surface area (Å²) < 4.78 is 5.29. The number of carboxylic acid groups (broad SMARTS) is 1. The first kappa shape index (κ1) is 17.9. The van der Waals surface area contributed by atoms with Gasteiger partial charge in [-0.25, -0.2) is 4.98 Å². The highest BCUT2D eigenvalue weighted by atomic mass is 16.5. The Morgan fingerprint density at radius 3 is 2.60 bits per heavy atom. The number of H-pyrrole nitrogens is 1. The van der Waals surface area contributed by atoms with Crippen molar-refractivity contribution < 1.29 is 19.4 Å². The molecule has 0 unspecified atom stereocenters. The summed E-state index contributed by atoms with van der Waals surface area (Å²) in [5.74, 6) is -0.523. The van der Waals surface area contributed by atoms with E-state index in [1.807, 2.05) is 0 Å². The molecular formula is C17H17N3O5. The van der Waals surface area contributed by atoms with Crippen LogP contribution in [-0.4, -0.2) is 40.6 Å². The molecule has 2 aromatic rings. The van der Waals surface area contributed by atoms with Crippen molar-refractivity contribution in [3.05, 3.63) is 57.8 Å². The second kappa shape index (κ2) is 8.44. The molecule has 0 aliphatic carbocycles. The smallest absolute Gasteiger partial charge is 0.306 e. The molecule has 0 aliphatic rings. The predicted octanol–water partition coefficient (Wildman–Crippen LogP) is 1.15. The van der Waals surface area contributed by atoms with Crippen LogP contribution in [0, 0.1) is 0 Å². The van der Waals surface area contributed by atoms with E-state index >= 15 is 0 Å². The maximum atomic E-state index is 11.8. The molecule has 0 aliphatic heterocycles. The van der Waals surface area contributed by atoms with Crippen molar-refractivity contribution in [1.29, 1.82) is 0 Å². The van der Waals surface area contributed by atoms with E-state index in [1.54, 1.807) is 36.4 Å². The number of nitrogens with zero attached hydrogens (tertiary/aromatic N) is 1. The summed E-state index contributed by atoms with van der Waals surface area (Å²) in [6.07, 6.45) is 4.50. The molecule has 8 heteroatoms. The van der Waals surface area contributed by atoms with Crippen molar-refractivity contribution in [2.75, 3.05) is 13.7 Å². The maximum Gasteiger partial charge on any atom is 0.306 e. The van der Waals surface area contributed by atoms with Gasteiger partial charge in [-0.1, -0.05) is 18.2 Å². The summed E-state index contributed by atoms with van der Waals surface area (Å²) in [6, 6.07) is 6.99. The molecule has 8 nitrogen and oxygen atoms in total. The van der Waals surface area contributed by atoms with E-state index in [4.69, 9.17) is 9.84 Å². The fourth-order valence-electron chi connectivity index (χ4n) is 1.90. The Balaban J connectivity index is 2.02. The molecule has 0 atom stereocenters. The number of aliphatic carboxylic acids is 1. The average molecular weight is 343 g/mol. The first-order valence-electron chi connectivity index (χ1n) is 7.43. The summed E-state index contributed by atoms with van der Waals surface area (Å²) >= 11 is 0. The number of ether oxygens (including phenoxy) is 1. The minimum absolute atomic E-state index is 0.0532. The lowest BCUT2D eigenvalue weighted by Gasteiger charge is -2.04. The number of rotatable bonds is 7. The topological polar surface area (TPSA) is 121 Å². The molecule has 0 radical (unpaired) electrons. The number of hydrogen-bond donors (Lipinski definition) is 3. The summed E-state index contributed by atoms with van der Waals surface area (Å²) in [4.78, 5) is 40.2. The number of aromatic amines is 1. The minimum Gasteiger partial charge on any atom is -0.493 e. The third-order valence-electron chi connectivity index (χ3n) is 3.19. The van der Waals surface area contributed by atoms with Crippen molar-refractivity contribution in [3.63, 3.8) is 0 Å². The Morgan fingerprint density at radius 1 is 1.28 bits per heavy atom. The van der Waals surface area contributed by atoms with Crippen molar-refractivity contribution in [2.45, 2.75) is 6.42 Å². The number of nitrogens with one attached hydrogen (secondary N) is 2. The molecule has 1 aromatic carbocycles. The molecule has 3 N–H and O–H groups in total. The molecule has 130 valence electrons. The lowest BCUT2D eigenvalue weighted by atomic mass is 10.2. The van der Waals surface area contributed by atoms with Gasteiger partial charge < -0.3 is 20.1 Å². The molecule has 0 saturated heterocycles. The van der Waals surface area contributed by atoms with E-state index in [9.17, 15) is 14.4 Å². The van der Waals surface area contributed by atoms with Gasteiger partial charge >= 0.3 is 5.97 Å². The number of hydrogen-bond acceptors (Lipinski definition) is 5. The number of benzene rings is 1. The highest BCUT2D eigenvalue weighted by Crippen LogP contribution is 2.14. The number of carbonyl (C=O) groups excluding carboxylic acids is 1. The first-order chi connectivity index (χ1) is 12.0. The van der Waals surface area contributed by atoms with Gasteiger partial charge in [0.25, 0.3) is 11.5 Å². The highest BCUT2D eigenvalue weighted by molar-refractivity contribution is 5.93. The van der Waals surface area contributed by atoms with Gasteiger partial charge in [-0.05, 0) is 23.8 Å². The van der Waals surface area contributed by atoms with Gasteiger partial charge in [0.05, 0.1) is 13.0 Å². The molecule has 1 heterocycles. The van der Waals surface area contributed by atoms with Crippen molar-refractivity contribution in [3.8, 4) is 5.75 Å². The first-order valence-corrected chi connectivity index (χ1v) is 7.43. The Labute approximate surface area is 143 Å². The number of aromatic nitrogens is 2. The van der Waals surface area contributed by atoms with Crippen LogP contribution in [0.3, 0.4) is 0 Å². The van der Waals surface area contributed by atoms with Crippen LogP contribution in [0.15, 0.2) is 35.3 Å². The fourth-order valence-corrected chi connectivity index (χ4v) is 1.90. The van der Waals surface area contributed by atoms with Crippen molar-refractivity contribution in [2.24, 2.45) is 0 Å². The SMILES string of the molecule is CNC(=O)c1cnc(/C=C\c2ccc(OCCC(=O)O)cc2)[nH]c1=O. The zero-order chi connectivity index (χ0) is 18.2. The van der Waals surface area contributed by atoms with Crippen LogP contribution in [0.5, 0.6) is 5.75 Å². The zero-order valence-electron chi connectivity index (χ0n) is 13.5. The molecule has 0 bridgehead atoms. The largest absolute Gasteiger partial charge is 0.493 e. The fraction of sp³-hybridized carbons (Fsp3) is 0.176. The Kier molecular flexibility index (Phi) is 6.05. The van der Waals surface area contributed by atoms with E-state index < -0.39 is 17.4 Å². The quantitative estimate of drug-likeness (QED) is 0.693. The monoisotopic (exact) mass is 343 g/mol. The van der Waals surface area contributed by atoms with Crippen LogP contribution in [0.4, 0.5) is 0 Å². The number of carbonyl (C=O) groups is 2. The lowest BCUT2D eigenvalue weighted by molar-refractivity contribution is -0.137. The molecule has 1 aromatic heterocycles. The van der Waals surface area contributed by atoms with E-state index in [1.165, 1.54) is 13.2 Å². The van der Waals surface area contributed by atoms with Gasteiger partial charge in [0.2, 0.25) is 0 Å². The normalized spacial score (nSPS) is 10.6. The molecule has 0 fully saturated rings. The van der Waals surface area contributed by atoms with Gasteiger partial charge in [-0.15, -0.1) is 0 Å². The van der Waals surface area contributed by atoms with Gasteiger partial charge in [0, 0.05) is 13.2 Å². The number of amides is 1. The van der Waals surface area contributed by atoms with E-state index in [0.717, 1.165) is 5.56 Å². The second-order valence-electron chi connectivity index (χ2n) is 4.98. The molecule has 0 spiro atoms. The maximum absolute atomic E-state index is 11.8. The third kappa shape index (κ3) is 5.31. The summed E-state index contributed by atoms with van der Waals surface area (Å²) in [6.45, 7) is 0.105. The molecule has 1 amide bonds. The highest BCUT2D eigenvalue weighted by Gasteiger charge is 2.08. The van der Waals surface area contributed by atoms with E-state index in [-0.39, 0.29) is 18.6 Å². The summed E-state index contributed by atoms with van der Waals surface area (Å²) in [7, 11) is 1.44. The second-order valence-corrected chi connectivity index (χ2v) is 4.98. The third-order valence-corrected chi connectivity index (χ3v) is 3.19. The van der Waals surface area contributed by atoms with Gasteiger partial charge in [0.15, 0.2) is 0 Å². The lowest BCUT2D eigenvalue weighted by Crippen LogP contribution is -2.27. The average Bonchev–Trinajstić information content (AvgIpc) is 2.60. The summed E-state index contributed by atoms with van der Waals surface area (Å²) in [5, 5.41) is 10.9. The standard InChI is InChI=1S/C17H17N3O5/c1-18-16(23)13-10-19-14(20-17(13)24)7-4-11-2-5-12(6-3-11)25-9-8-15(21)22/h2-7,10H,8-9H2,1H3,(H,18,23)(H,21,22)(H,19,20,24)/b7-4-. The van der Waals surface area contributed by atoms with Crippen LogP contribution in [0.25, 0.3) is 12.2 Å². The van der Waals surface area contributed by atoms with Gasteiger partial charge in [-0.2, -0.15) is 0 Å². The van der Waals surface area contributed by atoms with E-state index in [2.05, 4.69) is 15.3 Å². The van der Waals surface area contributed by atoms with Crippen LogP contribution in [-0.2, 0) is 4.79 Å². The van der Waals surface area contributed by atoms with Crippen molar-refractivity contribution >= 4 is 24.0 Å². The van der Waals surface area contributed by atoms with Gasteiger partial charge in [0.1, 0.15) is 17.1 Å². The molecule has 25 heavy (non-hydrogen) atoms. The Hall–Kier alpha value is -3.42. The van der Waals surface area contributed by atoms with Crippen LogP contribution in [0.1, 0.15) is 28.2 Å². The Morgan fingerprint density at radius 2 is 2.00 bits per heavy atom. The molecule has 2 rings (SSSR count). The minimum atomic E-state index is -0.913. The van der Waals surface area contributed by atoms with Gasteiger partial charge in [-0.3, -0.25) is 14.4 Å². The van der Waals surface area contributed by atoms with Crippen LogP contribution >= 0.6 is 0 Å². The van der Waals surface area contributed by atoms with Crippen LogP contribution < -0.4 is 15.6 Å². The van der Waals surface area contributed by atoms with Crippen molar-refractivity contribution in [1.82, 2.24) is 15.3 Å². The van der Waals surface area contributed by atoms with Crippen LogP contribution in [0.2, 0.25) is 0 Å². The predicted molar refractivity (Wildman–Crippen MR) is 91.4 cm³/mol. The summed E-state index contributed by atoms with van der Waals surface area (Å²) in [5.41, 5.74) is 0.266. The molecule has 0 saturated carbocycles. The van der Waals surface area contributed by atoms with E-state index in [0.29, 0.717) is 11.6 Å². The Bertz CT molecular complexity index is 840. The molecular weight excluding hydrogens is 326 g/mol. The zero-order valence-corrected chi connectivity index (χ0v) is 13.5. The number of carboxylic acids is 1.